The highest BCUT2D eigenvalue weighted by atomic mass is 16.2. The third-order valence-corrected chi connectivity index (χ3v) is 4.90. The van der Waals surface area contributed by atoms with Crippen LogP contribution in [0.25, 0.3) is 0 Å². The molecule has 0 aliphatic carbocycles. The Morgan fingerprint density at radius 1 is 1.18 bits per heavy atom. The fourth-order valence-electron chi connectivity index (χ4n) is 3.25. The zero-order valence-electron chi connectivity index (χ0n) is 17.9. The summed E-state index contributed by atoms with van der Waals surface area (Å²) in [6.45, 7) is 11.9. The Bertz CT molecular complexity index is 638. The summed E-state index contributed by atoms with van der Waals surface area (Å²) in [4.78, 5) is 18.9. The molecule has 1 aliphatic rings. The topological polar surface area (TPSA) is 68.8 Å². The van der Waals surface area contributed by atoms with E-state index in [1.807, 2.05) is 29.2 Å². The summed E-state index contributed by atoms with van der Waals surface area (Å²) in [5.41, 5.74) is 1.90. The highest BCUT2D eigenvalue weighted by Crippen LogP contribution is 2.15. The van der Waals surface area contributed by atoms with Crippen molar-refractivity contribution in [3.05, 3.63) is 29.8 Å². The first kappa shape index (κ1) is 22.1. The van der Waals surface area contributed by atoms with Gasteiger partial charge in [-0.3, -0.25) is 0 Å². The van der Waals surface area contributed by atoms with Gasteiger partial charge in [-0.15, -0.1) is 0 Å². The summed E-state index contributed by atoms with van der Waals surface area (Å²) in [7, 11) is 0. The van der Waals surface area contributed by atoms with Gasteiger partial charge in [0.2, 0.25) is 0 Å². The van der Waals surface area contributed by atoms with Crippen molar-refractivity contribution in [3.63, 3.8) is 0 Å². The van der Waals surface area contributed by atoms with Gasteiger partial charge in [-0.05, 0) is 63.1 Å². The summed E-state index contributed by atoms with van der Waals surface area (Å²) < 4.78 is 0. The van der Waals surface area contributed by atoms with E-state index in [0.717, 1.165) is 56.1 Å². The molecule has 0 radical (unpaired) electrons. The highest BCUT2D eigenvalue weighted by Gasteiger charge is 2.17. The second-order valence-corrected chi connectivity index (χ2v) is 8.04. The molecule has 1 aromatic carbocycles. The quantitative estimate of drug-likeness (QED) is 0.463. The van der Waals surface area contributed by atoms with Crippen LogP contribution < -0.4 is 16.0 Å². The van der Waals surface area contributed by atoms with Crippen molar-refractivity contribution in [3.8, 4) is 0 Å². The van der Waals surface area contributed by atoms with E-state index in [4.69, 9.17) is 4.99 Å². The van der Waals surface area contributed by atoms with Gasteiger partial charge in [0.1, 0.15) is 0 Å². The number of aliphatic imine (C=N–C) groups is 1. The molecule has 156 valence electrons. The van der Waals surface area contributed by atoms with Crippen LogP contribution >= 0.6 is 0 Å². The number of amides is 2. The molecule has 1 saturated heterocycles. The van der Waals surface area contributed by atoms with Gasteiger partial charge in [0.05, 0.1) is 6.54 Å². The molecule has 1 fully saturated rings. The Morgan fingerprint density at radius 3 is 2.61 bits per heavy atom. The number of guanidine groups is 1. The number of nitrogens with one attached hydrogen (secondary N) is 3. The van der Waals surface area contributed by atoms with Gasteiger partial charge in [0.15, 0.2) is 5.96 Å². The Labute approximate surface area is 170 Å². The lowest BCUT2D eigenvalue weighted by molar-refractivity contribution is 0.222. The van der Waals surface area contributed by atoms with E-state index in [2.05, 4.69) is 43.6 Å². The predicted octanol–water partition coefficient (Wildman–Crippen LogP) is 4.19. The number of likely N-dealkylation sites (tertiary alicyclic amines) is 1. The first-order valence-corrected chi connectivity index (χ1v) is 10.7. The molecular formula is C22H37N5O. The smallest absolute Gasteiger partial charge is 0.321 e. The van der Waals surface area contributed by atoms with Gasteiger partial charge in [0.25, 0.3) is 0 Å². The van der Waals surface area contributed by atoms with Gasteiger partial charge in [0, 0.05) is 31.4 Å². The van der Waals surface area contributed by atoms with Gasteiger partial charge in [-0.2, -0.15) is 0 Å². The predicted molar refractivity (Wildman–Crippen MR) is 118 cm³/mol. The first-order valence-electron chi connectivity index (χ1n) is 10.7. The summed E-state index contributed by atoms with van der Waals surface area (Å²) in [5.74, 6) is 1.55. The van der Waals surface area contributed by atoms with Crippen LogP contribution in [0.3, 0.4) is 0 Å². The molecule has 0 bridgehead atoms. The monoisotopic (exact) mass is 387 g/mol. The molecule has 2 amide bonds. The summed E-state index contributed by atoms with van der Waals surface area (Å²) >= 11 is 0. The fraction of sp³-hybridized carbons (Fsp3) is 0.636. The van der Waals surface area contributed by atoms with Crippen molar-refractivity contribution >= 4 is 17.7 Å². The van der Waals surface area contributed by atoms with Crippen molar-refractivity contribution in [1.82, 2.24) is 15.5 Å². The summed E-state index contributed by atoms with van der Waals surface area (Å²) in [5, 5.41) is 9.81. The van der Waals surface area contributed by atoms with E-state index in [1.165, 1.54) is 6.42 Å². The molecule has 28 heavy (non-hydrogen) atoms. The lowest BCUT2D eigenvalue weighted by Gasteiger charge is -2.19. The zero-order chi connectivity index (χ0) is 20.4. The van der Waals surface area contributed by atoms with Crippen molar-refractivity contribution in [2.24, 2.45) is 10.9 Å². The van der Waals surface area contributed by atoms with Crippen molar-refractivity contribution in [2.75, 3.05) is 25.0 Å². The average molecular weight is 388 g/mol. The first-order chi connectivity index (χ1) is 13.5. The number of urea groups is 1. The van der Waals surface area contributed by atoms with E-state index in [1.54, 1.807) is 0 Å². The van der Waals surface area contributed by atoms with E-state index < -0.39 is 0 Å². The van der Waals surface area contributed by atoms with Crippen molar-refractivity contribution in [1.29, 1.82) is 0 Å². The number of hydrogen-bond acceptors (Lipinski definition) is 2. The Morgan fingerprint density at radius 2 is 1.93 bits per heavy atom. The molecule has 0 aromatic heterocycles. The Hall–Kier alpha value is -2.24. The van der Waals surface area contributed by atoms with Crippen LogP contribution in [0.15, 0.2) is 29.3 Å². The lowest BCUT2D eigenvalue weighted by atomic mass is 10.0. The zero-order valence-corrected chi connectivity index (χ0v) is 17.9. The molecule has 6 nitrogen and oxygen atoms in total. The van der Waals surface area contributed by atoms with Crippen LogP contribution in [0.5, 0.6) is 0 Å². The second kappa shape index (κ2) is 11.6. The average Bonchev–Trinajstić information content (AvgIpc) is 3.20. The molecule has 6 heteroatoms. The second-order valence-electron chi connectivity index (χ2n) is 8.04. The van der Waals surface area contributed by atoms with E-state index in [9.17, 15) is 4.79 Å². The summed E-state index contributed by atoms with van der Waals surface area (Å²) in [6.07, 6.45) is 4.52. The third kappa shape index (κ3) is 7.79. The molecule has 0 saturated carbocycles. The van der Waals surface area contributed by atoms with Crippen LogP contribution in [-0.4, -0.2) is 42.6 Å². The molecule has 1 unspecified atom stereocenters. The maximum atomic E-state index is 12.3. The molecule has 0 spiro atoms. The van der Waals surface area contributed by atoms with Crippen LogP contribution in [0, 0.1) is 5.92 Å². The highest BCUT2D eigenvalue weighted by molar-refractivity contribution is 5.89. The molecule has 1 heterocycles. The minimum atomic E-state index is -0.00728. The minimum absolute atomic E-state index is 0.00728. The van der Waals surface area contributed by atoms with Gasteiger partial charge in [-0.25, -0.2) is 9.79 Å². The van der Waals surface area contributed by atoms with E-state index in [0.29, 0.717) is 18.5 Å². The molecule has 1 aromatic rings. The van der Waals surface area contributed by atoms with Crippen LogP contribution in [0.1, 0.15) is 58.9 Å². The van der Waals surface area contributed by atoms with Crippen LogP contribution in [-0.2, 0) is 6.54 Å². The van der Waals surface area contributed by atoms with Gasteiger partial charge in [-0.1, -0.05) is 26.0 Å². The number of benzene rings is 1. The van der Waals surface area contributed by atoms with E-state index >= 15 is 0 Å². The standard InChI is InChI=1S/C22H37N5O/c1-5-23-21(25-18(4)12-11-17(2)3)24-16-19-9-8-10-20(15-19)26-22(28)27-13-6-7-14-27/h8-10,15,17-18H,5-7,11-14,16H2,1-4H3,(H,26,28)(H2,23,24,25). The van der Waals surface area contributed by atoms with Gasteiger partial charge >= 0.3 is 6.03 Å². The number of hydrogen-bond donors (Lipinski definition) is 3. The van der Waals surface area contributed by atoms with Crippen LogP contribution in [0.2, 0.25) is 0 Å². The number of carbonyl (C=O) groups is 1. The fourth-order valence-corrected chi connectivity index (χ4v) is 3.25. The van der Waals surface area contributed by atoms with Crippen molar-refractivity contribution in [2.45, 2.75) is 66.0 Å². The Balaban J connectivity index is 1.92. The maximum Gasteiger partial charge on any atom is 0.321 e. The normalized spacial score (nSPS) is 15.6. The molecule has 2 rings (SSSR count). The molecular weight excluding hydrogens is 350 g/mol. The Kier molecular flexibility index (Phi) is 9.11. The number of carbonyl (C=O) groups excluding carboxylic acids is 1. The summed E-state index contributed by atoms with van der Waals surface area (Å²) in [6, 6.07) is 8.32. The minimum Gasteiger partial charge on any atom is -0.357 e. The van der Waals surface area contributed by atoms with Crippen molar-refractivity contribution < 1.29 is 4.79 Å². The SMILES string of the molecule is CCNC(=NCc1cccc(NC(=O)N2CCCC2)c1)NC(C)CCC(C)C. The largest absolute Gasteiger partial charge is 0.357 e. The van der Waals surface area contributed by atoms with Gasteiger partial charge < -0.3 is 20.9 Å². The molecule has 1 atom stereocenters. The third-order valence-electron chi connectivity index (χ3n) is 4.90. The maximum absolute atomic E-state index is 12.3. The molecule has 3 N–H and O–H groups in total. The van der Waals surface area contributed by atoms with Crippen LogP contribution in [0.4, 0.5) is 10.5 Å². The number of rotatable bonds is 8. The number of anilines is 1. The molecule has 1 aliphatic heterocycles. The lowest BCUT2D eigenvalue weighted by Crippen LogP contribution is -2.42. The number of nitrogens with zero attached hydrogens (tertiary/aromatic N) is 2. The van der Waals surface area contributed by atoms with E-state index in [-0.39, 0.29) is 6.03 Å².